The molecule has 0 radical (unpaired) electrons. The molecule has 0 fully saturated rings. The van der Waals surface area contributed by atoms with Crippen LogP contribution in [0.3, 0.4) is 0 Å². The molecule has 0 rings (SSSR count). The number of likely N-dealkylation sites (N-methyl/N-ethyl adjacent to an activating group) is 1. The molecule has 0 aliphatic carbocycles. The van der Waals surface area contributed by atoms with Gasteiger partial charge < -0.3 is 4.79 Å². The van der Waals surface area contributed by atoms with Crippen LogP contribution < -0.4 is 0 Å². The largest absolute Gasteiger partial charge is 0.302 e. The molecule has 0 N–H and O–H groups in total. The first kappa shape index (κ1) is 9.06. The van der Waals surface area contributed by atoms with E-state index in [-0.39, 0.29) is 6.04 Å². The molecule has 0 saturated heterocycles. The number of nitrogens with zero attached hydrogens (tertiary/aromatic N) is 1. The number of aldehydes is 1. The van der Waals surface area contributed by atoms with Crippen LogP contribution in [-0.4, -0.2) is 24.0 Å². The first-order chi connectivity index (χ1) is 4.09. The average Bonchev–Trinajstić information content (AvgIpc) is 1.64. The van der Waals surface area contributed by atoms with Gasteiger partial charge in [0.05, 0.1) is 6.04 Å². The van der Waals surface area contributed by atoms with E-state index in [0.717, 1.165) is 6.29 Å². The molecule has 0 heterocycles. The lowest BCUT2D eigenvalue weighted by Crippen LogP contribution is -2.29. The Bertz CT molecular complexity index is 85.1. The summed E-state index contributed by atoms with van der Waals surface area (Å²) in [7, 11) is 4.37. The van der Waals surface area contributed by atoms with Crippen molar-refractivity contribution in [2.75, 3.05) is 7.05 Å². The fraction of sp³-hybridized carbons (Fsp3) is 0.833. The quantitative estimate of drug-likeness (QED) is 0.437. The van der Waals surface area contributed by atoms with Gasteiger partial charge in [-0.3, -0.25) is 4.67 Å². The monoisotopic (exact) mass is 147 g/mol. The molecule has 0 aromatic rings. The Kier molecular flexibility index (Phi) is 4.00. The molecule has 0 amide bonds. The van der Waals surface area contributed by atoms with Crippen LogP contribution in [0.5, 0.6) is 0 Å². The van der Waals surface area contributed by atoms with Gasteiger partial charge in [-0.15, -0.1) is 0 Å². The maximum atomic E-state index is 10.3. The summed E-state index contributed by atoms with van der Waals surface area (Å²) in [5.41, 5.74) is 0. The van der Waals surface area contributed by atoms with E-state index in [2.05, 4.69) is 9.39 Å². The second kappa shape index (κ2) is 3.97. The minimum atomic E-state index is 0.0370. The van der Waals surface area contributed by atoms with Crippen LogP contribution in [0.2, 0.25) is 0 Å². The Labute approximate surface area is 58.9 Å². The molecule has 0 spiro atoms. The molecule has 2 unspecified atom stereocenters. The Morgan fingerprint density at radius 2 is 2.00 bits per heavy atom. The minimum Gasteiger partial charge on any atom is -0.302 e. The van der Waals surface area contributed by atoms with Crippen molar-refractivity contribution < 1.29 is 4.79 Å². The third kappa shape index (κ3) is 2.92. The van der Waals surface area contributed by atoms with Crippen molar-refractivity contribution in [3.8, 4) is 0 Å². The smallest absolute Gasteiger partial charge is 0.137 e. The maximum Gasteiger partial charge on any atom is 0.137 e. The normalized spacial score (nSPS) is 14.4. The summed E-state index contributed by atoms with van der Waals surface area (Å²) in [6.07, 6.45) is 0.970. The zero-order valence-electron chi connectivity index (χ0n) is 6.16. The van der Waals surface area contributed by atoms with Crippen molar-refractivity contribution in [1.82, 2.24) is 4.67 Å². The zero-order chi connectivity index (χ0) is 7.44. The van der Waals surface area contributed by atoms with Gasteiger partial charge in [0.2, 0.25) is 0 Å². The highest BCUT2D eigenvalue weighted by molar-refractivity contribution is 7.13. The number of rotatable bonds is 3. The van der Waals surface area contributed by atoms with Gasteiger partial charge in [0.1, 0.15) is 6.29 Å². The summed E-state index contributed by atoms with van der Waals surface area (Å²) >= 11 is 0. The molecule has 9 heavy (non-hydrogen) atoms. The van der Waals surface area contributed by atoms with Crippen LogP contribution in [0.25, 0.3) is 0 Å². The molecular weight excluding hydrogens is 133 g/mol. The first-order valence-electron chi connectivity index (χ1n) is 3.02. The summed E-state index contributed by atoms with van der Waals surface area (Å²) in [5.74, 6) is 0.394. The zero-order valence-corrected chi connectivity index (χ0v) is 7.32. The van der Waals surface area contributed by atoms with Crippen molar-refractivity contribution in [2.45, 2.75) is 19.9 Å². The van der Waals surface area contributed by atoms with Gasteiger partial charge >= 0.3 is 0 Å². The van der Waals surface area contributed by atoms with Gasteiger partial charge in [-0.2, -0.15) is 0 Å². The Morgan fingerprint density at radius 3 is 2.00 bits per heavy atom. The van der Waals surface area contributed by atoms with Crippen LogP contribution in [0.15, 0.2) is 0 Å². The molecule has 54 valence electrons. The van der Waals surface area contributed by atoms with Gasteiger partial charge in [0, 0.05) is 0 Å². The van der Waals surface area contributed by atoms with E-state index in [9.17, 15) is 4.79 Å². The van der Waals surface area contributed by atoms with E-state index in [4.69, 9.17) is 0 Å². The molecule has 2 nitrogen and oxygen atoms in total. The Hall–Kier alpha value is 0.0600. The Morgan fingerprint density at radius 1 is 1.56 bits per heavy atom. The second-order valence-electron chi connectivity index (χ2n) is 2.54. The SMILES string of the molecule is CC(C)C(C=O)N(C)P. The van der Waals surface area contributed by atoms with Crippen LogP contribution >= 0.6 is 9.39 Å². The number of carbonyl (C=O) groups excluding carboxylic acids is 1. The summed E-state index contributed by atoms with van der Waals surface area (Å²) in [6.45, 7) is 4.05. The van der Waals surface area contributed by atoms with Gasteiger partial charge in [0.15, 0.2) is 0 Å². The molecule has 0 aliphatic heterocycles. The van der Waals surface area contributed by atoms with Gasteiger partial charge in [-0.05, 0) is 13.0 Å². The van der Waals surface area contributed by atoms with Crippen molar-refractivity contribution in [2.24, 2.45) is 5.92 Å². The molecule has 0 aliphatic rings. The summed E-state index contributed by atoms with van der Waals surface area (Å²) < 4.78 is 1.84. The van der Waals surface area contributed by atoms with E-state index in [1.807, 2.05) is 25.6 Å². The molecule has 2 atom stereocenters. The standard InChI is InChI=1S/C6H14NOP/c1-5(2)6(4-8)7(3)9/h4-6H,9H2,1-3H3. The predicted octanol–water partition coefficient (Wildman–Crippen LogP) is 0.932. The van der Waals surface area contributed by atoms with Crippen LogP contribution in [0.4, 0.5) is 0 Å². The highest BCUT2D eigenvalue weighted by Gasteiger charge is 2.13. The summed E-state index contributed by atoms with van der Waals surface area (Å²) in [5, 5.41) is 0. The minimum absolute atomic E-state index is 0.0370. The van der Waals surface area contributed by atoms with E-state index >= 15 is 0 Å². The molecular formula is C6H14NOP. The van der Waals surface area contributed by atoms with Crippen LogP contribution in [0.1, 0.15) is 13.8 Å². The second-order valence-corrected chi connectivity index (χ2v) is 3.35. The van der Waals surface area contributed by atoms with Crippen molar-refractivity contribution >= 4 is 15.7 Å². The molecule has 0 aromatic carbocycles. The predicted molar refractivity (Wildman–Crippen MR) is 42.2 cm³/mol. The third-order valence-corrected chi connectivity index (χ3v) is 1.64. The number of hydrogen-bond donors (Lipinski definition) is 0. The van der Waals surface area contributed by atoms with Crippen LogP contribution in [0, 0.1) is 5.92 Å². The van der Waals surface area contributed by atoms with E-state index in [1.54, 1.807) is 0 Å². The lowest BCUT2D eigenvalue weighted by Gasteiger charge is -2.21. The summed E-state index contributed by atoms with van der Waals surface area (Å²) in [4.78, 5) is 10.3. The maximum absolute atomic E-state index is 10.3. The van der Waals surface area contributed by atoms with Crippen LogP contribution in [-0.2, 0) is 4.79 Å². The number of carbonyl (C=O) groups is 1. The van der Waals surface area contributed by atoms with Crippen molar-refractivity contribution in [3.05, 3.63) is 0 Å². The molecule has 3 heteroatoms. The van der Waals surface area contributed by atoms with Gasteiger partial charge in [-0.25, -0.2) is 0 Å². The third-order valence-electron chi connectivity index (χ3n) is 1.29. The molecule has 0 aromatic heterocycles. The lowest BCUT2D eigenvalue weighted by molar-refractivity contribution is -0.111. The lowest BCUT2D eigenvalue weighted by atomic mass is 10.1. The van der Waals surface area contributed by atoms with Gasteiger partial charge in [0.25, 0.3) is 0 Å². The Balaban J connectivity index is 3.82. The highest BCUT2D eigenvalue weighted by atomic mass is 31.0. The van der Waals surface area contributed by atoms with Crippen molar-refractivity contribution in [3.63, 3.8) is 0 Å². The van der Waals surface area contributed by atoms with Gasteiger partial charge in [-0.1, -0.05) is 23.2 Å². The fourth-order valence-electron chi connectivity index (χ4n) is 0.723. The molecule has 0 saturated carbocycles. The average molecular weight is 147 g/mol. The highest BCUT2D eigenvalue weighted by Crippen LogP contribution is 2.09. The van der Waals surface area contributed by atoms with E-state index < -0.39 is 0 Å². The van der Waals surface area contributed by atoms with Crippen molar-refractivity contribution in [1.29, 1.82) is 0 Å². The van der Waals surface area contributed by atoms with E-state index in [1.165, 1.54) is 0 Å². The summed E-state index contributed by atoms with van der Waals surface area (Å²) in [6, 6.07) is 0.0370. The first-order valence-corrected chi connectivity index (χ1v) is 3.54. The fourth-order valence-corrected chi connectivity index (χ4v) is 1.14. The molecule has 0 bridgehead atoms. The number of hydrogen-bond acceptors (Lipinski definition) is 2. The van der Waals surface area contributed by atoms with E-state index in [0.29, 0.717) is 5.92 Å². The topological polar surface area (TPSA) is 20.3 Å².